The summed E-state index contributed by atoms with van der Waals surface area (Å²) in [5.41, 5.74) is 2.91. The summed E-state index contributed by atoms with van der Waals surface area (Å²) in [6.07, 6.45) is 1.37. The van der Waals surface area contributed by atoms with E-state index < -0.39 is 6.43 Å². The summed E-state index contributed by atoms with van der Waals surface area (Å²) in [5.74, 6) is 0.838. The van der Waals surface area contributed by atoms with E-state index in [1.807, 2.05) is 19.3 Å². The number of nitrogens with zero attached hydrogens (tertiary/aromatic N) is 5. The van der Waals surface area contributed by atoms with Crippen LogP contribution in [0, 0.1) is 6.07 Å². The van der Waals surface area contributed by atoms with Gasteiger partial charge in [-0.3, -0.25) is 4.98 Å². The van der Waals surface area contributed by atoms with Crippen molar-refractivity contribution in [2.75, 3.05) is 23.8 Å². The summed E-state index contributed by atoms with van der Waals surface area (Å²) in [6.45, 7) is 0.980. The molecule has 0 saturated heterocycles. The van der Waals surface area contributed by atoms with Gasteiger partial charge in [-0.1, -0.05) is 0 Å². The van der Waals surface area contributed by atoms with E-state index in [0.717, 1.165) is 36.4 Å². The second kappa shape index (κ2) is 6.32. The van der Waals surface area contributed by atoms with Gasteiger partial charge in [0, 0.05) is 43.0 Å². The molecule has 0 spiro atoms. The minimum Gasteiger partial charge on any atom is -0.373 e. The molecule has 25 heavy (non-hydrogen) atoms. The van der Waals surface area contributed by atoms with E-state index in [9.17, 15) is 8.78 Å². The van der Waals surface area contributed by atoms with Crippen LogP contribution in [0.1, 0.15) is 17.6 Å². The number of hydrogen-bond acceptors (Lipinski definition) is 7. The molecule has 0 saturated carbocycles. The van der Waals surface area contributed by atoms with Gasteiger partial charge in [0.25, 0.3) is 6.43 Å². The molecule has 0 aromatic carbocycles. The predicted molar refractivity (Wildman–Crippen MR) is 91.4 cm³/mol. The molecule has 3 aromatic rings. The summed E-state index contributed by atoms with van der Waals surface area (Å²) in [7, 11) is 2.04. The number of pyridine rings is 2. The first-order valence-corrected chi connectivity index (χ1v) is 8.34. The van der Waals surface area contributed by atoms with Crippen molar-refractivity contribution in [3.05, 3.63) is 41.7 Å². The van der Waals surface area contributed by atoms with Crippen LogP contribution in [0.2, 0.25) is 0 Å². The highest BCUT2D eigenvalue weighted by molar-refractivity contribution is 7.09. The fraction of sp³-hybridized carbons (Fsp3) is 0.250. The van der Waals surface area contributed by atoms with Crippen molar-refractivity contribution >= 4 is 28.2 Å². The quantitative estimate of drug-likeness (QED) is 0.769. The molecule has 1 radical (unpaired) electrons. The molecular weight excluding hydrogens is 346 g/mol. The van der Waals surface area contributed by atoms with Crippen molar-refractivity contribution in [1.29, 1.82) is 0 Å². The van der Waals surface area contributed by atoms with Gasteiger partial charge in [-0.15, -0.1) is 0 Å². The van der Waals surface area contributed by atoms with Crippen LogP contribution >= 0.6 is 11.5 Å². The number of hydrogen-bond donors (Lipinski definition) is 1. The van der Waals surface area contributed by atoms with Gasteiger partial charge < -0.3 is 10.2 Å². The number of aromatic nitrogens is 4. The fourth-order valence-corrected chi connectivity index (χ4v) is 3.17. The lowest BCUT2D eigenvalue weighted by Crippen LogP contribution is -2.12. The monoisotopic (exact) mass is 359 g/mol. The summed E-state index contributed by atoms with van der Waals surface area (Å²) in [4.78, 5) is 14.9. The molecule has 0 bridgehead atoms. The van der Waals surface area contributed by atoms with Crippen LogP contribution in [0.4, 0.5) is 25.4 Å². The summed E-state index contributed by atoms with van der Waals surface area (Å²) >= 11 is 1.15. The van der Waals surface area contributed by atoms with Gasteiger partial charge in [-0.25, -0.2) is 13.8 Å². The third kappa shape index (κ3) is 3.14. The molecule has 3 aromatic heterocycles. The minimum absolute atomic E-state index is 0.171. The number of likely N-dealkylation sites (N-methyl/N-ethyl adjacent to an activating group) is 1. The van der Waals surface area contributed by atoms with Gasteiger partial charge in [0.2, 0.25) is 5.13 Å². The molecule has 0 amide bonds. The molecular formula is C16H13F2N6S. The van der Waals surface area contributed by atoms with Crippen molar-refractivity contribution in [2.45, 2.75) is 12.8 Å². The van der Waals surface area contributed by atoms with E-state index in [1.54, 1.807) is 0 Å². The van der Waals surface area contributed by atoms with Crippen molar-refractivity contribution in [1.82, 2.24) is 19.3 Å². The van der Waals surface area contributed by atoms with Crippen molar-refractivity contribution < 1.29 is 8.78 Å². The zero-order chi connectivity index (χ0) is 17.4. The fourth-order valence-electron chi connectivity index (χ4n) is 2.60. The summed E-state index contributed by atoms with van der Waals surface area (Å²) in [6, 6.07) is 5.89. The third-order valence-electron chi connectivity index (χ3n) is 3.94. The van der Waals surface area contributed by atoms with E-state index in [1.165, 1.54) is 11.6 Å². The molecule has 6 nitrogen and oxygen atoms in total. The number of fused-ring (bicyclic) bond motifs is 1. The molecule has 1 aliphatic rings. The van der Waals surface area contributed by atoms with Gasteiger partial charge in [0.05, 0.1) is 11.9 Å². The van der Waals surface area contributed by atoms with Crippen LogP contribution in [0.15, 0.2) is 24.5 Å². The molecule has 4 heterocycles. The topological polar surface area (TPSA) is 66.8 Å². The average molecular weight is 359 g/mol. The van der Waals surface area contributed by atoms with E-state index in [2.05, 4.69) is 35.6 Å². The largest absolute Gasteiger partial charge is 0.373 e. The van der Waals surface area contributed by atoms with Crippen LogP contribution in [0.25, 0.3) is 11.5 Å². The Bertz CT molecular complexity index is 896. The van der Waals surface area contributed by atoms with E-state index in [-0.39, 0.29) is 5.56 Å². The first-order valence-electron chi connectivity index (χ1n) is 7.57. The Morgan fingerprint density at radius 2 is 2.20 bits per heavy atom. The van der Waals surface area contributed by atoms with Crippen molar-refractivity contribution in [3.8, 4) is 11.5 Å². The Hall–Kier alpha value is -2.68. The molecule has 0 unspecified atom stereocenters. The second-order valence-corrected chi connectivity index (χ2v) is 6.37. The lowest BCUT2D eigenvalue weighted by Gasteiger charge is -2.10. The predicted octanol–water partition coefficient (Wildman–Crippen LogP) is 3.47. The zero-order valence-corrected chi connectivity index (χ0v) is 14.0. The number of alkyl halides is 2. The molecule has 127 valence electrons. The molecule has 0 atom stereocenters. The molecule has 9 heteroatoms. The Labute approximate surface area is 146 Å². The third-order valence-corrected chi connectivity index (χ3v) is 4.57. The van der Waals surface area contributed by atoms with Crippen LogP contribution < -0.4 is 10.2 Å². The van der Waals surface area contributed by atoms with Crippen LogP contribution in [0.5, 0.6) is 0 Å². The maximum atomic E-state index is 12.5. The maximum Gasteiger partial charge on any atom is 0.265 e. The van der Waals surface area contributed by atoms with E-state index in [4.69, 9.17) is 0 Å². The van der Waals surface area contributed by atoms with Gasteiger partial charge in [-0.05, 0) is 24.1 Å². The van der Waals surface area contributed by atoms with Crippen LogP contribution in [-0.4, -0.2) is 32.9 Å². The zero-order valence-electron chi connectivity index (χ0n) is 13.2. The number of anilines is 3. The standard InChI is InChI=1S/C16H13F2N6S/c1-24-5-4-9-6-11(19-8-12(9)24)15-22-16(25-23-15)21-13-3-2-10(7-20-13)14(17)18/h2,6-8,14H,4-5H2,1H3,(H,20,21,22,23). The van der Waals surface area contributed by atoms with Gasteiger partial charge in [0.15, 0.2) is 5.82 Å². The number of halogens is 2. The van der Waals surface area contributed by atoms with Crippen LogP contribution in [0.3, 0.4) is 0 Å². The normalized spacial score (nSPS) is 13.4. The van der Waals surface area contributed by atoms with Gasteiger partial charge >= 0.3 is 0 Å². The van der Waals surface area contributed by atoms with Crippen molar-refractivity contribution in [2.24, 2.45) is 0 Å². The van der Waals surface area contributed by atoms with Crippen LogP contribution in [-0.2, 0) is 6.42 Å². The SMILES string of the molecule is CN1CCc2cc(-c3nsc(Nc4[c]cc(C(F)F)cn4)n3)ncc21. The molecule has 0 fully saturated rings. The minimum atomic E-state index is -2.56. The Morgan fingerprint density at radius 3 is 2.96 bits per heavy atom. The second-order valence-electron chi connectivity index (χ2n) is 5.61. The maximum absolute atomic E-state index is 12.5. The highest BCUT2D eigenvalue weighted by Gasteiger charge is 2.18. The Kier molecular flexibility index (Phi) is 4.00. The number of rotatable bonds is 4. The van der Waals surface area contributed by atoms with Gasteiger partial charge in [0.1, 0.15) is 11.5 Å². The smallest absolute Gasteiger partial charge is 0.265 e. The lowest BCUT2D eigenvalue weighted by atomic mass is 10.2. The Morgan fingerprint density at radius 1 is 1.32 bits per heavy atom. The highest BCUT2D eigenvalue weighted by atomic mass is 32.1. The van der Waals surface area contributed by atoms with Crippen molar-refractivity contribution in [3.63, 3.8) is 0 Å². The first kappa shape index (κ1) is 15.8. The molecule has 1 N–H and O–H groups in total. The molecule has 4 rings (SSSR count). The number of nitrogens with one attached hydrogen (secondary N) is 1. The van der Waals surface area contributed by atoms with E-state index in [0.29, 0.717) is 22.5 Å². The van der Waals surface area contributed by atoms with Gasteiger partial charge in [-0.2, -0.15) is 9.36 Å². The average Bonchev–Trinajstić information content (AvgIpc) is 3.22. The summed E-state index contributed by atoms with van der Waals surface area (Å²) < 4.78 is 29.4. The molecule has 1 aliphatic heterocycles. The first-order chi connectivity index (χ1) is 12.1. The molecule has 0 aliphatic carbocycles. The lowest BCUT2D eigenvalue weighted by molar-refractivity contribution is 0.151. The van der Waals surface area contributed by atoms with E-state index >= 15 is 0 Å². The Balaban J connectivity index is 1.52. The summed E-state index contributed by atoms with van der Waals surface area (Å²) in [5, 5.41) is 3.42. The highest BCUT2D eigenvalue weighted by Crippen LogP contribution is 2.30.